The molecule has 2 aromatic carbocycles. The molecule has 1 N–H and O–H groups in total. The van der Waals surface area contributed by atoms with Gasteiger partial charge in [-0.1, -0.05) is 52.0 Å². The van der Waals surface area contributed by atoms with Crippen molar-refractivity contribution in [1.29, 1.82) is 0 Å². The first kappa shape index (κ1) is 22.3. The van der Waals surface area contributed by atoms with Gasteiger partial charge in [-0.05, 0) is 41.2 Å². The zero-order valence-corrected chi connectivity index (χ0v) is 17.8. The fourth-order valence-electron chi connectivity index (χ4n) is 2.94. The minimum Gasteiger partial charge on any atom is -0.493 e. The molecule has 5 nitrogen and oxygen atoms in total. The van der Waals surface area contributed by atoms with Crippen LogP contribution in [-0.2, 0) is 16.6 Å². The molecule has 0 atom stereocenters. The van der Waals surface area contributed by atoms with Gasteiger partial charge in [0.15, 0.2) is 11.5 Å². The monoisotopic (exact) mass is 398 g/mol. The lowest BCUT2D eigenvalue weighted by molar-refractivity contribution is -0.131. The molecule has 2 aromatic rings. The number of aliphatic carboxylic acids is 1. The van der Waals surface area contributed by atoms with Gasteiger partial charge in [0.2, 0.25) is 0 Å². The fraction of sp³-hybridized carbons (Fsp3) is 0.375. The van der Waals surface area contributed by atoms with Crippen LogP contribution in [0.3, 0.4) is 0 Å². The van der Waals surface area contributed by atoms with E-state index in [1.54, 1.807) is 25.3 Å². The van der Waals surface area contributed by atoms with Gasteiger partial charge in [0.1, 0.15) is 19.0 Å². The lowest BCUT2D eigenvalue weighted by atomic mass is 9.85. The Morgan fingerprint density at radius 1 is 1.07 bits per heavy atom. The molecule has 5 heteroatoms. The SMILES string of the molecule is CCc1ccc(OCCOc2c(C=CC(=O)O)cccc2OC)c(C(C)(C)C)c1. The number of carboxylic acid groups (broad SMARTS) is 1. The molecule has 0 fully saturated rings. The minimum absolute atomic E-state index is 0.0290. The van der Waals surface area contributed by atoms with Crippen LogP contribution in [0.25, 0.3) is 6.08 Å². The van der Waals surface area contributed by atoms with Crippen LogP contribution in [0.1, 0.15) is 44.4 Å². The van der Waals surface area contributed by atoms with E-state index < -0.39 is 5.97 Å². The van der Waals surface area contributed by atoms with Crippen molar-refractivity contribution in [3.05, 3.63) is 59.2 Å². The highest BCUT2D eigenvalue weighted by Crippen LogP contribution is 2.33. The molecule has 29 heavy (non-hydrogen) atoms. The molecule has 0 aliphatic rings. The second-order valence-electron chi connectivity index (χ2n) is 7.68. The third-order valence-corrected chi connectivity index (χ3v) is 4.48. The number of para-hydroxylation sites is 1. The molecule has 0 unspecified atom stereocenters. The van der Waals surface area contributed by atoms with Gasteiger partial charge in [-0.2, -0.15) is 0 Å². The molecular formula is C24H30O5. The minimum atomic E-state index is -1.02. The van der Waals surface area contributed by atoms with Gasteiger partial charge in [0.25, 0.3) is 0 Å². The molecule has 2 rings (SSSR count). The van der Waals surface area contributed by atoms with Gasteiger partial charge in [0, 0.05) is 11.6 Å². The molecule has 0 saturated carbocycles. The fourth-order valence-corrected chi connectivity index (χ4v) is 2.94. The van der Waals surface area contributed by atoms with Crippen LogP contribution >= 0.6 is 0 Å². The Morgan fingerprint density at radius 3 is 2.41 bits per heavy atom. The molecule has 0 aliphatic heterocycles. The Labute approximate surface area is 172 Å². The second-order valence-corrected chi connectivity index (χ2v) is 7.68. The summed E-state index contributed by atoms with van der Waals surface area (Å²) >= 11 is 0. The Morgan fingerprint density at radius 2 is 1.79 bits per heavy atom. The predicted octanol–water partition coefficient (Wildman–Crippen LogP) is 5.11. The first-order chi connectivity index (χ1) is 13.8. The Hall–Kier alpha value is -2.95. The summed E-state index contributed by atoms with van der Waals surface area (Å²) in [7, 11) is 1.55. The maximum atomic E-state index is 10.8. The van der Waals surface area contributed by atoms with Crippen molar-refractivity contribution < 1.29 is 24.1 Å². The van der Waals surface area contributed by atoms with E-state index in [1.165, 1.54) is 17.2 Å². The summed E-state index contributed by atoms with van der Waals surface area (Å²) in [5.74, 6) is 0.866. The van der Waals surface area contributed by atoms with Crippen molar-refractivity contribution in [3.8, 4) is 17.2 Å². The molecular weight excluding hydrogens is 368 g/mol. The number of carbonyl (C=O) groups is 1. The average Bonchev–Trinajstić information content (AvgIpc) is 2.69. The lowest BCUT2D eigenvalue weighted by Gasteiger charge is -2.24. The van der Waals surface area contributed by atoms with Crippen molar-refractivity contribution in [2.24, 2.45) is 0 Å². The summed E-state index contributed by atoms with van der Waals surface area (Å²) in [5.41, 5.74) is 3.05. The van der Waals surface area contributed by atoms with Crippen LogP contribution in [0.5, 0.6) is 17.2 Å². The average molecular weight is 398 g/mol. The highest BCUT2D eigenvalue weighted by Gasteiger charge is 2.19. The summed E-state index contributed by atoms with van der Waals surface area (Å²) < 4.78 is 17.3. The number of methoxy groups -OCH3 is 1. The zero-order valence-electron chi connectivity index (χ0n) is 17.8. The summed E-state index contributed by atoms with van der Waals surface area (Å²) in [6, 6.07) is 11.6. The van der Waals surface area contributed by atoms with Crippen LogP contribution in [0, 0.1) is 0 Å². The van der Waals surface area contributed by atoms with Crippen molar-refractivity contribution >= 4 is 12.0 Å². The van der Waals surface area contributed by atoms with Crippen molar-refractivity contribution in [2.45, 2.75) is 39.5 Å². The van der Waals surface area contributed by atoms with Gasteiger partial charge < -0.3 is 19.3 Å². The molecule has 0 saturated heterocycles. The summed E-state index contributed by atoms with van der Waals surface area (Å²) in [6.07, 6.45) is 3.54. The predicted molar refractivity (Wildman–Crippen MR) is 115 cm³/mol. The van der Waals surface area contributed by atoms with E-state index in [2.05, 4.69) is 39.8 Å². The molecule has 0 aromatic heterocycles. The number of hydrogen-bond donors (Lipinski definition) is 1. The normalized spacial score (nSPS) is 11.5. The van der Waals surface area contributed by atoms with E-state index in [9.17, 15) is 4.79 Å². The first-order valence-corrected chi connectivity index (χ1v) is 9.73. The number of benzene rings is 2. The number of aryl methyl sites for hydroxylation is 1. The van der Waals surface area contributed by atoms with Crippen molar-refractivity contribution in [3.63, 3.8) is 0 Å². The molecule has 0 amide bonds. The highest BCUT2D eigenvalue weighted by molar-refractivity contribution is 5.86. The number of carboxylic acids is 1. The molecule has 0 radical (unpaired) electrons. The molecule has 156 valence electrons. The van der Waals surface area contributed by atoms with Crippen LogP contribution in [-0.4, -0.2) is 31.4 Å². The summed E-state index contributed by atoms with van der Waals surface area (Å²) in [5, 5.41) is 8.88. The van der Waals surface area contributed by atoms with Gasteiger partial charge in [0.05, 0.1) is 7.11 Å². The van der Waals surface area contributed by atoms with E-state index in [0.717, 1.165) is 18.2 Å². The van der Waals surface area contributed by atoms with E-state index in [0.29, 0.717) is 30.3 Å². The third-order valence-electron chi connectivity index (χ3n) is 4.48. The summed E-state index contributed by atoms with van der Waals surface area (Å²) in [4.78, 5) is 10.8. The largest absolute Gasteiger partial charge is 0.493 e. The topological polar surface area (TPSA) is 65.0 Å². The Kier molecular flexibility index (Phi) is 7.71. The van der Waals surface area contributed by atoms with Crippen molar-refractivity contribution in [2.75, 3.05) is 20.3 Å². The van der Waals surface area contributed by atoms with Crippen LogP contribution in [0.4, 0.5) is 0 Å². The molecule has 0 heterocycles. The van der Waals surface area contributed by atoms with Crippen LogP contribution < -0.4 is 14.2 Å². The molecule has 0 spiro atoms. The molecule has 0 aliphatic carbocycles. The second kappa shape index (κ2) is 10.0. The van der Waals surface area contributed by atoms with Crippen molar-refractivity contribution in [1.82, 2.24) is 0 Å². The quantitative estimate of drug-likeness (QED) is 0.470. The van der Waals surface area contributed by atoms with Gasteiger partial charge in [-0.25, -0.2) is 4.79 Å². The van der Waals surface area contributed by atoms with Crippen LogP contribution in [0.2, 0.25) is 0 Å². The zero-order chi connectivity index (χ0) is 21.4. The smallest absolute Gasteiger partial charge is 0.328 e. The maximum absolute atomic E-state index is 10.8. The van der Waals surface area contributed by atoms with E-state index >= 15 is 0 Å². The summed E-state index contributed by atoms with van der Waals surface area (Å²) in [6.45, 7) is 9.30. The first-order valence-electron chi connectivity index (χ1n) is 9.73. The number of ether oxygens (including phenoxy) is 3. The van der Waals surface area contributed by atoms with E-state index in [4.69, 9.17) is 19.3 Å². The molecule has 0 bridgehead atoms. The van der Waals surface area contributed by atoms with E-state index in [-0.39, 0.29) is 5.41 Å². The Balaban J connectivity index is 2.11. The van der Waals surface area contributed by atoms with Gasteiger partial charge in [-0.15, -0.1) is 0 Å². The lowest BCUT2D eigenvalue weighted by Crippen LogP contribution is -2.16. The van der Waals surface area contributed by atoms with Crippen LogP contribution in [0.15, 0.2) is 42.5 Å². The Bertz CT molecular complexity index is 862. The maximum Gasteiger partial charge on any atom is 0.328 e. The highest BCUT2D eigenvalue weighted by atomic mass is 16.5. The van der Waals surface area contributed by atoms with Gasteiger partial charge in [-0.3, -0.25) is 0 Å². The van der Waals surface area contributed by atoms with E-state index in [1.807, 2.05) is 6.07 Å². The van der Waals surface area contributed by atoms with Gasteiger partial charge >= 0.3 is 5.97 Å². The number of hydrogen-bond acceptors (Lipinski definition) is 4. The standard InChI is InChI=1S/C24H30O5/c1-6-17-10-12-20(19(16-17)24(2,3)4)28-14-15-29-23-18(11-13-22(25)26)8-7-9-21(23)27-5/h7-13,16H,6,14-15H2,1-5H3,(H,25,26). The third kappa shape index (κ3) is 6.28. The number of rotatable bonds is 9.